The van der Waals surface area contributed by atoms with E-state index in [1.54, 1.807) is 6.92 Å². The van der Waals surface area contributed by atoms with Gasteiger partial charge in [0.05, 0.1) is 0 Å². The average Bonchev–Trinajstić information content (AvgIpc) is 2.37. The van der Waals surface area contributed by atoms with Gasteiger partial charge in [-0.3, -0.25) is 4.79 Å². The first-order chi connectivity index (χ1) is 9.11. The summed E-state index contributed by atoms with van der Waals surface area (Å²) in [6, 6.07) is 7.46. The van der Waals surface area contributed by atoms with E-state index in [0.29, 0.717) is 34.9 Å². The van der Waals surface area contributed by atoms with E-state index in [9.17, 15) is 4.79 Å². The number of nitrogens with zero attached hydrogens (tertiary/aromatic N) is 1. The Labute approximate surface area is 116 Å². The molecule has 2 rings (SSSR count). The first-order valence-corrected chi connectivity index (χ1v) is 6.42. The smallest absolute Gasteiger partial charge is 0.254 e. The normalized spacial score (nSPS) is 10.7. The van der Waals surface area contributed by atoms with Crippen LogP contribution in [0.3, 0.4) is 0 Å². The Kier molecular flexibility index (Phi) is 4.35. The lowest BCUT2D eigenvalue weighted by Gasteiger charge is -2.07. The molecule has 1 heterocycles. The summed E-state index contributed by atoms with van der Waals surface area (Å²) in [6.45, 7) is 1.71. The van der Waals surface area contributed by atoms with Crippen LogP contribution in [0.15, 0.2) is 29.1 Å². The highest BCUT2D eigenvalue weighted by Crippen LogP contribution is 2.17. The van der Waals surface area contributed by atoms with E-state index >= 15 is 0 Å². The van der Waals surface area contributed by atoms with E-state index in [-0.39, 0.29) is 12.2 Å². The average molecular weight is 279 g/mol. The Hall–Kier alpha value is -1.65. The van der Waals surface area contributed by atoms with Crippen LogP contribution in [0.2, 0.25) is 5.02 Å². The molecule has 0 aliphatic carbocycles. The first-order valence-electron chi connectivity index (χ1n) is 6.04. The van der Waals surface area contributed by atoms with Crippen LogP contribution in [0.25, 0.3) is 0 Å². The van der Waals surface area contributed by atoms with Crippen LogP contribution in [-0.4, -0.2) is 21.7 Å². The van der Waals surface area contributed by atoms with Crippen LogP contribution in [0.4, 0.5) is 0 Å². The maximum absolute atomic E-state index is 11.9. The molecule has 0 fully saturated rings. The molecule has 100 valence electrons. The van der Waals surface area contributed by atoms with Crippen molar-refractivity contribution in [2.75, 3.05) is 6.61 Å². The molecule has 1 aromatic carbocycles. The molecule has 0 unspecified atom stereocenters. The number of benzene rings is 1. The highest BCUT2D eigenvalue weighted by molar-refractivity contribution is 6.31. The van der Waals surface area contributed by atoms with Crippen LogP contribution >= 0.6 is 11.6 Å². The van der Waals surface area contributed by atoms with Crippen molar-refractivity contribution in [3.8, 4) is 0 Å². The minimum Gasteiger partial charge on any atom is -0.396 e. The van der Waals surface area contributed by atoms with Gasteiger partial charge < -0.3 is 10.1 Å². The number of rotatable bonds is 4. The summed E-state index contributed by atoms with van der Waals surface area (Å²) >= 11 is 6.08. The van der Waals surface area contributed by atoms with Gasteiger partial charge in [0.15, 0.2) is 0 Å². The Morgan fingerprint density at radius 3 is 2.74 bits per heavy atom. The van der Waals surface area contributed by atoms with Gasteiger partial charge in [-0.05, 0) is 18.6 Å². The van der Waals surface area contributed by atoms with Crippen molar-refractivity contribution in [2.45, 2.75) is 19.8 Å². The van der Waals surface area contributed by atoms with E-state index < -0.39 is 0 Å². The monoisotopic (exact) mass is 278 g/mol. The zero-order chi connectivity index (χ0) is 13.8. The minimum atomic E-state index is -0.191. The summed E-state index contributed by atoms with van der Waals surface area (Å²) in [5.41, 5.74) is 1.91. The quantitative estimate of drug-likeness (QED) is 0.897. The number of nitrogens with one attached hydrogen (secondary N) is 1. The Bertz CT molecular complexity index is 638. The molecule has 0 saturated heterocycles. The maximum Gasteiger partial charge on any atom is 0.254 e. The Morgan fingerprint density at radius 2 is 2.11 bits per heavy atom. The molecule has 0 atom stereocenters. The zero-order valence-electron chi connectivity index (χ0n) is 10.6. The third-order valence-corrected chi connectivity index (χ3v) is 3.32. The maximum atomic E-state index is 11.9. The first kappa shape index (κ1) is 13.8. The number of aromatic amines is 1. The fourth-order valence-electron chi connectivity index (χ4n) is 1.98. The summed E-state index contributed by atoms with van der Waals surface area (Å²) in [6.07, 6.45) is 0.801. The molecule has 4 nitrogen and oxygen atoms in total. The van der Waals surface area contributed by atoms with Crippen LogP contribution in [0.5, 0.6) is 0 Å². The van der Waals surface area contributed by atoms with E-state index in [4.69, 9.17) is 16.7 Å². The SMILES string of the molecule is Cc1nc(Cc2ccccc2Cl)[nH]c(=O)c1CCO. The minimum absolute atomic E-state index is 0.0601. The second-order valence-electron chi connectivity index (χ2n) is 4.32. The van der Waals surface area contributed by atoms with E-state index in [1.807, 2.05) is 24.3 Å². The van der Waals surface area contributed by atoms with Crippen LogP contribution in [-0.2, 0) is 12.8 Å². The summed E-state index contributed by atoms with van der Waals surface area (Å²) in [5.74, 6) is 0.581. The van der Waals surface area contributed by atoms with Crippen molar-refractivity contribution in [3.05, 3.63) is 62.3 Å². The van der Waals surface area contributed by atoms with E-state index in [2.05, 4.69) is 9.97 Å². The van der Waals surface area contributed by atoms with Gasteiger partial charge in [-0.1, -0.05) is 29.8 Å². The van der Waals surface area contributed by atoms with Gasteiger partial charge >= 0.3 is 0 Å². The number of aliphatic hydroxyl groups excluding tert-OH is 1. The van der Waals surface area contributed by atoms with Crippen LogP contribution < -0.4 is 5.56 Å². The second kappa shape index (κ2) is 5.99. The summed E-state index contributed by atoms with van der Waals surface area (Å²) in [7, 11) is 0. The Balaban J connectivity index is 2.33. The van der Waals surface area contributed by atoms with Crippen molar-refractivity contribution in [1.82, 2.24) is 9.97 Å². The van der Waals surface area contributed by atoms with E-state index in [0.717, 1.165) is 5.56 Å². The van der Waals surface area contributed by atoms with Gasteiger partial charge in [0.1, 0.15) is 5.82 Å². The second-order valence-corrected chi connectivity index (χ2v) is 4.73. The largest absolute Gasteiger partial charge is 0.396 e. The molecule has 0 amide bonds. The van der Waals surface area contributed by atoms with Gasteiger partial charge in [-0.15, -0.1) is 0 Å². The molecule has 0 radical (unpaired) electrons. The third kappa shape index (κ3) is 3.22. The molecule has 5 heteroatoms. The zero-order valence-corrected chi connectivity index (χ0v) is 11.4. The summed E-state index contributed by atoms with van der Waals surface area (Å²) in [4.78, 5) is 19.0. The molecule has 0 bridgehead atoms. The fraction of sp³-hybridized carbons (Fsp3) is 0.286. The number of hydrogen-bond acceptors (Lipinski definition) is 3. The molecular formula is C14H15ClN2O2. The molecule has 0 spiro atoms. The van der Waals surface area contributed by atoms with Crippen LogP contribution in [0, 0.1) is 6.92 Å². The number of hydrogen-bond donors (Lipinski definition) is 2. The summed E-state index contributed by atoms with van der Waals surface area (Å²) in [5, 5.41) is 9.57. The molecule has 19 heavy (non-hydrogen) atoms. The number of aryl methyl sites for hydroxylation is 1. The van der Waals surface area contributed by atoms with Crippen LogP contribution in [0.1, 0.15) is 22.6 Å². The summed E-state index contributed by atoms with van der Waals surface area (Å²) < 4.78 is 0. The highest BCUT2D eigenvalue weighted by Gasteiger charge is 2.09. The molecule has 2 aromatic rings. The highest BCUT2D eigenvalue weighted by atomic mass is 35.5. The van der Waals surface area contributed by atoms with Gasteiger partial charge in [0, 0.05) is 35.7 Å². The lowest BCUT2D eigenvalue weighted by atomic mass is 10.1. The fourth-order valence-corrected chi connectivity index (χ4v) is 2.18. The number of aliphatic hydroxyl groups is 1. The van der Waals surface area contributed by atoms with Crippen molar-refractivity contribution in [2.24, 2.45) is 0 Å². The molecule has 0 aliphatic rings. The topological polar surface area (TPSA) is 66.0 Å². The lowest BCUT2D eigenvalue weighted by molar-refractivity contribution is 0.298. The molecule has 2 N–H and O–H groups in total. The molecule has 0 aliphatic heterocycles. The van der Waals surface area contributed by atoms with Crippen molar-refractivity contribution < 1.29 is 5.11 Å². The van der Waals surface area contributed by atoms with Crippen molar-refractivity contribution in [1.29, 1.82) is 0 Å². The lowest BCUT2D eigenvalue weighted by Crippen LogP contribution is -2.20. The third-order valence-electron chi connectivity index (χ3n) is 2.95. The van der Waals surface area contributed by atoms with Crippen molar-refractivity contribution in [3.63, 3.8) is 0 Å². The molecule has 1 aromatic heterocycles. The molecular weight excluding hydrogens is 264 g/mol. The number of aromatic nitrogens is 2. The number of H-pyrrole nitrogens is 1. The standard InChI is InChI=1S/C14H15ClN2O2/c1-9-11(6-7-18)14(19)17-13(16-9)8-10-4-2-3-5-12(10)15/h2-5,18H,6-8H2,1H3,(H,16,17,19). The van der Waals surface area contributed by atoms with Gasteiger partial charge in [-0.25, -0.2) is 4.98 Å². The number of halogens is 1. The Morgan fingerprint density at radius 1 is 1.37 bits per heavy atom. The van der Waals surface area contributed by atoms with Gasteiger partial charge in [0.2, 0.25) is 0 Å². The van der Waals surface area contributed by atoms with Crippen molar-refractivity contribution >= 4 is 11.6 Å². The van der Waals surface area contributed by atoms with E-state index in [1.165, 1.54) is 0 Å². The predicted octanol–water partition coefficient (Wildman–Crippen LogP) is 1.86. The van der Waals surface area contributed by atoms with Gasteiger partial charge in [0.25, 0.3) is 5.56 Å². The van der Waals surface area contributed by atoms with Gasteiger partial charge in [-0.2, -0.15) is 0 Å². The molecule has 0 saturated carbocycles. The predicted molar refractivity (Wildman–Crippen MR) is 74.6 cm³/mol.